The molecule has 29 heavy (non-hydrogen) atoms. The van der Waals surface area contributed by atoms with Crippen LogP contribution in [0.5, 0.6) is 11.5 Å². The summed E-state index contributed by atoms with van der Waals surface area (Å²) in [5.41, 5.74) is 0.129. The maximum Gasteiger partial charge on any atom is 0.416 e. The summed E-state index contributed by atoms with van der Waals surface area (Å²) in [4.78, 5) is 12.8. The minimum atomic E-state index is -4.49. The van der Waals surface area contributed by atoms with E-state index in [1.807, 2.05) is 0 Å². The van der Waals surface area contributed by atoms with Crippen LogP contribution in [0.1, 0.15) is 21.6 Å². The summed E-state index contributed by atoms with van der Waals surface area (Å²) in [6.07, 6.45) is -4.49. The van der Waals surface area contributed by atoms with Crippen molar-refractivity contribution in [3.05, 3.63) is 65.4 Å². The molecular weight excluding hydrogens is 387 g/mol. The van der Waals surface area contributed by atoms with Crippen molar-refractivity contribution in [2.24, 2.45) is 0 Å². The Hall–Kier alpha value is -3.49. The second-order valence-electron chi connectivity index (χ2n) is 6.15. The van der Waals surface area contributed by atoms with Crippen molar-refractivity contribution >= 4 is 11.7 Å². The monoisotopic (exact) mass is 405 g/mol. The third-order valence-corrected chi connectivity index (χ3v) is 4.14. The van der Waals surface area contributed by atoms with E-state index in [2.05, 4.69) is 10.4 Å². The summed E-state index contributed by atoms with van der Waals surface area (Å²) in [6.45, 7) is 1.67. The Balaban J connectivity index is 1.96. The molecule has 0 radical (unpaired) electrons. The number of nitrogens with zero attached hydrogens (tertiary/aromatic N) is 2. The fraction of sp³-hybridized carbons (Fsp3) is 0.200. The lowest BCUT2D eigenvalue weighted by molar-refractivity contribution is -0.137. The molecule has 1 aromatic heterocycles. The number of hydrogen-bond donors (Lipinski definition) is 1. The predicted octanol–water partition coefficient (Wildman–Crippen LogP) is 4.47. The number of amides is 1. The Labute approximate surface area is 164 Å². The van der Waals surface area contributed by atoms with Crippen LogP contribution in [0.4, 0.5) is 19.0 Å². The maximum absolute atomic E-state index is 13.0. The molecule has 3 aromatic rings. The van der Waals surface area contributed by atoms with E-state index in [0.29, 0.717) is 17.2 Å². The van der Waals surface area contributed by atoms with Gasteiger partial charge in [-0.3, -0.25) is 4.79 Å². The topological polar surface area (TPSA) is 65.4 Å². The first-order chi connectivity index (χ1) is 13.7. The van der Waals surface area contributed by atoms with Gasteiger partial charge in [0.25, 0.3) is 5.91 Å². The quantitative estimate of drug-likeness (QED) is 0.680. The van der Waals surface area contributed by atoms with Gasteiger partial charge in [-0.1, -0.05) is 6.07 Å². The van der Waals surface area contributed by atoms with Gasteiger partial charge in [-0.25, -0.2) is 4.68 Å². The van der Waals surface area contributed by atoms with Gasteiger partial charge >= 0.3 is 6.18 Å². The van der Waals surface area contributed by atoms with Crippen molar-refractivity contribution in [3.63, 3.8) is 0 Å². The first-order valence-electron chi connectivity index (χ1n) is 8.50. The van der Waals surface area contributed by atoms with E-state index in [-0.39, 0.29) is 17.1 Å². The number of nitrogens with one attached hydrogen (secondary N) is 1. The van der Waals surface area contributed by atoms with Gasteiger partial charge in [0.15, 0.2) is 0 Å². The molecule has 3 rings (SSSR count). The van der Waals surface area contributed by atoms with Crippen LogP contribution < -0.4 is 14.8 Å². The summed E-state index contributed by atoms with van der Waals surface area (Å²) < 4.78 is 50.7. The smallest absolute Gasteiger partial charge is 0.416 e. The number of aryl methyl sites for hydroxylation is 1. The number of methoxy groups -OCH3 is 2. The first kappa shape index (κ1) is 20.2. The normalized spacial score (nSPS) is 11.2. The van der Waals surface area contributed by atoms with Crippen molar-refractivity contribution in [2.45, 2.75) is 13.1 Å². The van der Waals surface area contributed by atoms with Crippen LogP contribution in [0.25, 0.3) is 5.69 Å². The molecule has 0 aliphatic rings. The number of hydrogen-bond acceptors (Lipinski definition) is 4. The van der Waals surface area contributed by atoms with Crippen molar-refractivity contribution in [3.8, 4) is 17.2 Å². The van der Waals surface area contributed by atoms with Gasteiger partial charge in [0.2, 0.25) is 0 Å². The average Bonchev–Trinajstić information content (AvgIpc) is 3.06. The zero-order valence-electron chi connectivity index (χ0n) is 15.9. The first-order valence-corrected chi connectivity index (χ1v) is 8.50. The molecule has 152 valence electrons. The number of alkyl halides is 3. The third kappa shape index (κ3) is 4.34. The Morgan fingerprint density at radius 1 is 1.07 bits per heavy atom. The summed E-state index contributed by atoms with van der Waals surface area (Å²) in [6, 6.07) is 11.0. The van der Waals surface area contributed by atoms with Crippen LogP contribution in [0.15, 0.2) is 48.5 Å². The van der Waals surface area contributed by atoms with Gasteiger partial charge in [-0.15, -0.1) is 0 Å². The predicted molar refractivity (Wildman–Crippen MR) is 101 cm³/mol. The highest BCUT2D eigenvalue weighted by molar-refractivity contribution is 6.06. The van der Waals surface area contributed by atoms with Crippen LogP contribution in [-0.2, 0) is 6.18 Å². The molecule has 0 bridgehead atoms. The minimum absolute atomic E-state index is 0.171. The number of aromatic nitrogens is 2. The van der Waals surface area contributed by atoms with Gasteiger partial charge in [-0.05, 0) is 37.3 Å². The van der Waals surface area contributed by atoms with Crippen molar-refractivity contribution in [2.75, 3.05) is 19.5 Å². The van der Waals surface area contributed by atoms with E-state index in [1.54, 1.807) is 25.1 Å². The number of rotatable bonds is 5. The molecule has 0 spiro atoms. The summed E-state index contributed by atoms with van der Waals surface area (Å²) in [7, 11) is 2.91. The number of carbonyl (C=O) groups excluding carboxylic acids is 1. The fourth-order valence-corrected chi connectivity index (χ4v) is 2.77. The Kier molecular flexibility index (Phi) is 5.49. The molecule has 0 saturated carbocycles. The van der Waals surface area contributed by atoms with Crippen LogP contribution in [0, 0.1) is 6.92 Å². The number of carbonyl (C=O) groups is 1. The lowest BCUT2D eigenvalue weighted by atomic mass is 10.1. The van der Waals surface area contributed by atoms with Gasteiger partial charge in [0.1, 0.15) is 17.3 Å². The molecule has 0 atom stereocenters. The Morgan fingerprint density at radius 2 is 1.83 bits per heavy atom. The molecule has 1 heterocycles. The molecule has 2 aromatic carbocycles. The fourth-order valence-electron chi connectivity index (χ4n) is 2.77. The molecule has 0 aliphatic carbocycles. The molecular formula is C20H18F3N3O3. The molecule has 6 nitrogen and oxygen atoms in total. The zero-order chi connectivity index (χ0) is 21.2. The van der Waals surface area contributed by atoms with E-state index in [0.717, 1.165) is 12.1 Å². The number of benzene rings is 2. The van der Waals surface area contributed by atoms with E-state index in [4.69, 9.17) is 9.47 Å². The van der Waals surface area contributed by atoms with Crippen LogP contribution in [0.2, 0.25) is 0 Å². The van der Waals surface area contributed by atoms with Crippen LogP contribution in [-0.4, -0.2) is 29.9 Å². The lowest BCUT2D eigenvalue weighted by Crippen LogP contribution is -2.16. The van der Waals surface area contributed by atoms with Gasteiger partial charge in [0, 0.05) is 12.1 Å². The van der Waals surface area contributed by atoms with E-state index < -0.39 is 17.6 Å². The lowest BCUT2D eigenvalue weighted by Gasteiger charge is -2.13. The minimum Gasteiger partial charge on any atom is -0.497 e. The molecule has 9 heteroatoms. The summed E-state index contributed by atoms with van der Waals surface area (Å²) in [5.74, 6) is 0.536. The maximum atomic E-state index is 13.0. The molecule has 0 saturated heterocycles. The van der Waals surface area contributed by atoms with E-state index >= 15 is 0 Å². The summed E-state index contributed by atoms with van der Waals surface area (Å²) >= 11 is 0. The molecule has 0 fully saturated rings. The standard InChI is InChI=1S/C20H18F3N3O3/c1-12-9-18(24-19(27)16-8-7-15(28-2)11-17(16)29-3)26(25-12)14-6-4-5-13(10-14)20(21,22)23/h4-11H,1-3H3,(H,24,27). The summed E-state index contributed by atoms with van der Waals surface area (Å²) in [5, 5.41) is 6.88. The number of ether oxygens (including phenoxy) is 2. The molecule has 0 aliphatic heterocycles. The highest BCUT2D eigenvalue weighted by Gasteiger charge is 2.30. The van der Waals surface area contributed by atoms with E-state index in [9.17, 15) is 18.0 Å². The third-order valence-electron chi connectivity index (χ3n) is 4.14. The second kappa shape index (κ2) is 7.86. The second-order valence-corrected chi connectivity index (χ2v) is 6.15. The van der Waals surface area contributed by atoms with Crippen LogP contribution in [0.3, 0.4) is 0 Å². The highest BCUT2D eigenvalue weighted by Crippen LogP contribution is 2.31. The largest absolute Gasteiger partial charge is 0.497 e. The van der Waals surface area contributed by atoms with Crippen molar-refractivity contribution in [1.29, 1.82) is 0 Å². The van der Waals surface area contributed by atoms with Crippen molar-refractivity contribution < 1.29 is 27.4 Å². The molecule has 0 unspecified atom stereocenters. The molecule has 1 amide bonds. The van der Waals surface area contributed by atoms with Crippen molar-refractivity contribution in [1.82, 2.24) is 9.78 Å². The van der Waals surface area contributed by atoms with Gasteiger partial charge in [-0.2, -0.15) is 18.3 Å². The molecule has 1 N–H and O–H groups in total. The SMILES string of the molecule is COc1ccc(C(=O)Nc2cc(C)nn2-c2cccc(C(F)(F)F)c2)c(OC)c1. The average molecular weight is 405 g/mol. The van der Waals surface area contributed by atoms with Crippen LogP contribution >= 0.6 is 0 Å². The number of halogens is 3. The Bertz CT molecular complexity index is 1040. The zero-order valence-corrected chi connectivity index (χ0v) is 15.9. The Morgan fingerprint density at radius 3 is 2.48 bits per heavy atom. The number of anilines is 1. The van der Waals surface area contributed by atoms with Gasteiger partial charge in [0.05, 0.1) is 36.7 Å². The van der Waals surface area contributed by atoms with E-state index in [1.165, 1.54) is 37.1 Å². The highest BCUT2D eigenvalue weighted by atomic mass is 19.4. The van der Waals surface area contributed by atoms with Gasteiger partial charge < -0.3 is 14.8 Å².